The fraction of sp³-hybridized carbons (Fsp3) is 0.471. The summed E-state index contributed by atoms with van der Waals surface area (Å²) in [4.78, 5) is 22.3. The molecule has 30 heavy (non-hydrogen) atoms. The summed E-state index contributed by atoms with van der Waals surface area (Å²) < 4.78 is 11.0. The number of nitrogens with zero attached hydrogens (tertiary/aromatic N) is 5. The third-order valence-corrected chi connectivity index (χ3v) is 4.03. The van der Waals surface area contributed by atoms with E-state index in [1.165, 1.54) is 6.21 Å². The van der Waals surface area contributed by atoms with Crippen LogP contribution in [0, 0.1) is 0 Å². The van der Waals surface area contributed by atoms with Crippen molar-refractivity contribution in [1.29, 1.82) is 0 Å². The third kappa shape index (κ3) is 8.36. The van der Waals surface area contributed by atoms with Crippen LogP contribution in [0.1, 0.15) is 30.2 Å². The van der Waals surface area contributed by atoms with Crippen LogP contribution in [-0.4, -0.2) is 72.5 Å². The van der Waals surface area contributed by atoms with Gasteiger partial charge in [-0.1, -0.05) is 0 Å². The van der Waals surface area contributed by atoms with Crippen LogP contribution in [0.3, 0.4) is 0 Å². The van der Waals surface area contributed by atoms with E-state index >= 15 is 0 Å². The van der Waals surface area contributed by atoms with Crippen LogP contribution in [-0.2, 0) is 47.1 Å². The van der Waals surface area contributed by atoms with E-state index < -0.39 is 0 Å². The van der Waals surface area contributed by atoms with Gasteiger partial charge in [0, 0.05) is 26.2 Å². The average molecular weight is 501 g/mol. The van der Waals surface area contributed by atoms with Crippen molar-refractivity contribution in [2.24, 2.45) is 20.2 Å². The van der Waals surface area contributed by atoms with Crippen LogP contribution in [0.25, 0.3) is 0 Å². The first-order valence-electron chi connectivity index (χ1n) is 9.08. The number of hydrazone groups is 2. The van der Waals surface area contributed by atoms with Crippen LogP contribution >= 0.6 is 0 Å². The van der Waals surface area contributed by atoms with Gasteiger partial charge in [0.05, 0.1) is 19.4 Å². The van der Waals surface area contributed by atoms with Crippen molar-refractivity contribution in [2.75, 3.05) is 39.4 Å². The number of rotatable bonds is 7. The molecule has 0 aliphatic carbocycles. The zero-order valence-electron chi connectivity index (χ0n) is 16.6. The van der Waals surface area contributed by atoms with Gasteiger partial charge in [-0.15, -0.1) is 0 Å². The van der Waals surface area contributed by atoms with Crippen molar-refractivity contribution in [2.45, 2.75) is 13.8 Å². The Morgan fingerprint density at radius 1 is 1.10 bits per heavy atom. The van der Waals surface area contributed by atoms with E-state index in [0.29, 0.717) is 50.9 Å². The van der Waals surface area contributed by atoms with E-state index in [2.05, 4.69) is 31.0 Å². The Bertz CT molecular complexity index is 805. The molecule has 13 heteroatoms. The molecule has 0 atom stereocenters. The summed E-state index contributed by atoms with van der Waals surface area (Å²) in [6.45, 7) is 6.85. The number of hydrogen-bond donors (Lipinski definition) is 2. The summed E-state index contributed by atoms with van der Waals surface area (Å²) >= 11 is 10.1. The zero-order chi connectivity index (χ0) is 21.1. The second-order valence-electron chi connectivity index (χ2n) is 5.61. The van der Waals surface area contributed by atoms with E-state index in [4.69, 9.17) is 34.4 Å². The van der Waals surface area contributed by atoms with Gasteiger partial charge in [0.2, 0.25) is 0 Å². The molecule has 1 aliphatic rings. The maximum absolute atomic E-state index is 12.6. The summed E-state index contributed by atoms with van der Waals surface area (Å²) in [7, 11) is 0. The molecule has 2 heterocycles. The predicted octanol–water partition coefficient (Wildman–Crippen LogP) is 0.464. The Labute approximate surface area is 197 Å². The van der Waals surface area contributed by atoms with Gasteiger partial charge in [-0.25, -0.2) is 0 Å². The maximum atomic E-state index is 12.6. The van der Waals surface area contributed by atoms with Crippen LogP contribution in [0.5, 0.6) is 0 Å². The SMILES string of the molecule is CCN=C([S-])N/N=C(/C=N/NC([S-])=NCC)c1ccc(C(=O)N2CCOCC2)o1.[Cu+2]. The van der Waals surface area contributed by atoms with Gasteiger partial charge in [0.15, 0.2) is 11.5 Å². The van der Waals surface area contributed by atoms with Crippen molar-refractivity contribution in [3.8, 4) is 0 Å². The Hall–Kier alpha value is -2.05. The Kier molecular flexibility index (Phi) is 12.2. The first kappa shape index (κ1) is 26.0. The van der Waals surface area contributed by atoms with Crippen LogP contribution in [0.4, 0.5) is 0 Å². The maximum Gasteiger partial charge on any atom is 2.00 e. The van der Waals surface area contributed by atoms with Crippen molar-refractivity contribution >= 4 is 53.4 Å². The molecule has 0 aromatic carbocycles. The number of aliphatic imine (C=N–C) groups is 2. The summed E-state index contributed by atoms with van der Waals surface area (Å²) in [5, 5.41) is 8.65. The van der Waals surface area contributed by atoms with Crippen molar-refractivity contribution in [1.82, 2.24) is 15.8 Å². The Balaban J connectivity index is 0.00000450. The monoisotopic (exact) mass is 500 g/mol. The second-order valence-corrected chi connectivity index (χ2v) is 6.38. The Morgan fingerprint density at radius 3 is 2.33 bits per heavy atom. The molecule has 10 nitrogen and oxygen atoms in total. The molecule has 0 unspecified atom stereocenters. The minimum Gasteiger partial charge on any atom is -0.741 e. The molecular formula is C17H23CuN7O3S2. The Morgan fingerprint density at radius 2 is 1.70 bits per heavy atom. The summed E-state index contributed by atoms with van der Waals surface area (Å²) in [5.74, 6) is 0.326. The van der Waals surface area contributed by atoms with Crippen molar-refractivity contribution in [3.05, 3.63) is 23.7 Å². The van der Waals surface area contributed by atoms with Crippen LogP contribution in [0.15, 0.2) is 36.7 Å². The molecule has 0 bridgehead atoms. The molecule has 0 saturated carbocycles. The number of carbonyl (C=O) groups excluding carboxylic acids is 1. The average Bonchev–Trinajstić information content (AvgIpc) is 3.21. The topological polar surface area (TPSA) is 116 Å². The number of amides is 1. The molecule has 1 amide bonds. The van der Waals surface area contributed by atoms with E-state index in [0.717, 1.165) is 0 Å². The fourth-order valence-corrected chi connectivity index (χ4v) is 2.63. The minimum absolute atomic E-state index is 0. The first-order valence-corrected chi connectivity index (χ1v) is 9.89. The quantitative estimate of drug-likeness (QED) is 0.184. The van der Waals surface area contributed by atoms with E-state index in [1.807, 2.05) is 13.8 Å². The first-order chi connectivity index (χ1) is 14.0. The molecule has 1 aromatic heterocycles. The number of ether oxygens (including phenoxy) is 1. The van der Waals surface area contributed by atoms with Crippen LogP contribution in [0.2, 0.25) is 0 Å². The van der Waals surface area contributed by atoms with Gasteiger partial charge in [-0.3, -0.25) is 25.6 Å². The normalized spacial score (nSPS) is 15.8. The largest absolute Gasteiger partial charge is 2.00 e. The zero-order valence-corrected chi connectivity index (χ0v) is 19.1. The minimum atomic E-state index is -0.207. The molecule has 167 valence electrons. The van der Waals surface area contributed by atoms with Crippen molar-refractivity contribution in [3.63, 3.8) is 0 Å². The number of carbonyl (C=O) groups is 1. The summed E-state index contributed by atoms with van der Waals surface area (Å²) in [6, 6.07) is 3.23. The number of nitrogens with one attached hydrogen (secondary N) is 2. The molecule has 1 aromatic rings. The molecule has 1 aliphatic heterocycles. The smallest absolute Gasteiger partial charge is 0.741 e. The second kappa shape index (κ2) is 14.0. The molecule has 0 spiro atoms. The fourth-order valence-electron chi connectivity index (χ4n) is 2.27. The van der Waals surface area contributed by atoms with E-state index in [9.17, 15) is 4.79 Å². The predicted molar refractivity (Wildman–Crippen MR) is 117 cm³/mol. The van der Waals surface area contributed by atoms with Gasteiger partial charge in [0.25, 0.3) is 5.91 Å². The molecule has 2 N–H and O–H groups in total. The molecule has 1 saturated heterocycles. The number of hydrogen-bond acceptors (Lipinski definition) is 9. The van der Waals surface area contributed by atoms with Gasteiger partial charge in [-0.05, 0) is 36.3 Å². The third-order valence-electron chi connectivity index (χ3n) is 3.59. The molecule has 1 radical (unpaired) electrons. The number of furan rings is 1. The van der Waals surface area contributed by atoms with Crippen LogP contribution < -0.4 is 10.9 Å². The van der Waals surface area contributed by atoms with Gasteiger partial charge in [0.1, 0.15) is 5.71 Å². The summed E-state index contributed by atoms with van der Waals surface area (Å²) in [6.07, 6.45) is 1.39. The van der Waals surface area contributed by atoms with Gasteiger partial charge >= 0.3 is 17.1 Å². The number of morpholine rings is 1. The summed E-state index contributed by atoms with van der Waals surface area (Å²) in [5.41, 5.74) is 5.57. The molecular weight excluding hydrogens is 478 g/mol. The van der Waals surface area contributed by atoms with Gasteiger partial charge < -0.3 is 39.3 Å². The molecule has 1 fully saturated rings. The standard InChI is InChI=1S/C17H25N7O3S2.Cu/c1-3-18-16(28)22-20-11-12(21-23-17(29)19-4-2)13-5-6-14(27-13)15(25)24-7-9-26-10-8-24;/h5-6,11H,3-4,7-10H2,1-2H3,(H2,18,22,28)(H2,19,23,29);/q;+2/p-2/b20-11+,21-12-;. The van der Waals surface area contributed by atoms with E-state index in [1.54, 1.807) is 17.0 Å². The molecule has 2 rings (SSSR count). The number of amidine groups is 2. The van der Waals surface area contributed by atoms with Gasteiger partial charge in [-0.2, -0.15) is 10.2 Å². The van der Waals surface area contributed by atoms with E-state index in [-0.39, 0.29) is 39.1 Å². The van der Waals surface area contributed by atoms with Crippen molar-refractivity contribution < 1.29 is 31.0 Å².